The number of aryl methyl sites for hydroxylation is 1. The molecule has 1 aromatic heterocycles. The third-order valence-electron chi connectivity index (χ3n) is 3.76. The molecule has 1 atom stereocenters. The number of anilines is 1. The van der Waals surface area contributed by atoms with E-state index in [1.807, 2.05) is 19.1 Å². The number of benzene rings is 1. The lowest BCUT2D eigenvalue weighted by atomic mass is 9.94. The molecule has 1 aliphatic heterocycles. The second-order valence-corrected chi connectivity index (χ2v) is 6.29. The third-order valence-corrected chi connectivity index (χ3v) is 4.64. The van der Waals surface area contributed by atoms with Crippen molar-refractivity contribution in [2.24, 2.45) is 0 Å². The van der Waals surface area contributed by atoms with Crippen molar-refractivity contribution in [1.82, 2.24) is 5.32 Å². The summed E-state index contributed by atoms with van der Waals surface area (Å²) in [5.41, 5.74) is 2.03. The van der Waals surface area contributed by atoms with Crippen LogP contribution >= 0.6 is 11.3 Å². The minimum absolute atomic E-state index is 0.261. The van der Waals surface area contributed by atoms with Crippen molar-refractivity contribution in [3.8, 4) is 0 Å². The van der Waals surface area contributed by atoms with Crippen molar-refractivity contribution < 1.29 is 14.4 Å². The van der Waals surface area contributed by atoms with Gasteiger partial charge in [-0.05, 0) is 36.9 Å². The van der Waals surface area contributed by atoms with Crippen LogP contribution in [0.3, 0.4) is 0 Å². The van der Waals surface area contributed by atoms with Crippen molar-refractivity contribution in [1.29, 1.82) is 0 Å². The molecule has 1 aromatic carbocycles. The fourth-order valence-electron chi connectivity index (χ4n) is 2.74. The van der Waals surface area contributed by atoms with Crippen LogP contribution in [0.2, 0.25) is 0 Å². The van der Waals surface area contributed by atoms with Gasteiger partial charge in [-0.3, -0.25) is 9.59 Å². The molecular formula is C17H16N2O3S. The van der Waals surface area contributed by atoms with Gasteiger partial charge < -0.3 is 5.32 Å². The van der Waals surface area contributed by atoms with Crippen molar-refractivity contribution in [3.63, 3.8) is 0 Å². The van der Waals surface area contributed by atoms with Gasteiger partial charge in [0.15, 0.2) is 5.78 Å². The predicted octanol–water partition coefficient (Wildman–Crippen LogP) is 3.10. The molecule has 0 fully saturated rings. The first-order valence-electron chi connectivity index (χ1n) is 7.34. The van der Waals surface area contributed by atoms with E-state index in [-0.39, 0.29) is 5.78 Å². The van der Waals surface area contributed by atoms with E-state index in [0.717, 1.165) is 10.5 Å². The predicted molar refractivity (Wildman–Crippen MR) is 89.1 cm³/mol. The molecule has 1 unspecified atom stereocenters. The van der Waals surface area contributed by atoms with Crippen LogP contribution < -0.4 is 10.2 Å². The van der Waals surface area contributed by atoms with Crippen molar-refractivity contribution >= 4 is 34.7 Å². The third kappa shape index (κ3) is 2.55. The van der Waals surface area contributed by atoms with Gasteiger partial charge in [0.2, 0.25) is 0 Å². The van der Waals surface area contributed by atoms with Crippen LogP contribution in [-0.2, 0) is 4.79 Å². The highest BCUT2D eigenvalue weighted by Gasteiger charge is 2.45. The zero-order valence-corrected chi connectivity index (χ0v) is 13.6. The number of nitrogens with zero attached hydrogens (tertiary/aromatic N) is 1. The number of rotatable bonds is 3. The van der Waals surface area contributed by atoms with Gasteiger partial charge in [0.05, 0.1) is 10.6 Å². The van der Waals surface area contributed by atoms with E-state index in [1.165, 1.54) is 11.3 Å². The number of ketones is 1. The number of thiophene rings is 1. The number of Topliss-reactive ketones (excluding diaryl/α,β-unsaturated/α-hetero) is 1. The van der Waals surface area contributed by atoms with E-state index in [4.69, 9.17) is 0 Å². The van der Waals surface area contributed by atoms with Crippen LogP contribution in [0.4, 0.5) is 10.5 Å². The second kappa shape index (κ2) is 5.96. The molecule has 1 N–H and O–H groups in total. The number of imide groups is 1. The lowest BCUT2D eigenvalue weighted by Gasteiger charge is -2.16. The Morgan fingerprint density at radius 1 is 1.30 bits per heavy atom. The van der Waals surface area contributed by atoms with Gasteiger partial charge in [0.25, 0.3) is 5.91 Å². The number of urea groups is 1. The normalized spacial score (nSPS) is 16.3. The molecule has 0 aliphatic carbocycles. The van der Waals surface area contributed by atoms with Gasteiger partial charge in [-0.15, -0.1) is 11.3 Å². The summed E-state index contributed by atoms with van der Waals surface area (Å²) in [6, 6.07) is 8.34. The smallest absolute Gasteiger partial charge is 0.328 e. The average molecular weight is 328 g/mol. The minimum atomic E-state index is -0.953. The van der Waals surface area contributed by atoms with Crippen LogP contribution in [0.25, 0.3) is 0 Å². The van der Waals surface area contributed by atoms with Crippen molar-refractivity contribution in [2.75, 3.05) is 11.4 Å². The monoisotopic (exact) mass is 328 g/mol. The zero-order valence-electron chi connectivity index (χ0n) is 12.8. The number of carbonyl (C=O) groups excluding carboxylic acids is 3. The zero-order chi connectivity index (χ0) is 16.6. The Morgan fingerprint density at radius 3 is 2.74 bits per heavy atom. The Hall–Kier alpha value is -2.47. The summed E-state index contributed by atoms with van der Waals surface area (Å²) in [6.45, 7) is 4.09. The largest absolute Gasteiger partial charge is 0.338 e. The summed E-state index contributed by atoms with van der Waals surface area (Å²) in [5, 5.41) is 4.42. The molecule has 6 heteroatoms. The van der Waals surface area contributed by atoms with Gasteiger partial charge in [-0.25, -0.2) is 9.69 Å². The summed E-state index contributed by atoms with van der Waals surface area (Å²) in [7, 11) is 0. The molecule has 2 aromatic rings. The topological polar surface area (TPSA) is 66.5 Å². The molecular weight excluding hydrogens is 312 g/mol. The standard InChI is InChI=1S/C17H16N2O3S/c1-3-18-17(22)19-12-7-6-10(2)9-11(12)14(16(19)21)15(20)13-5-4-8-23-13/h4-9,14H,3H2,1-2H3,(H,18,22). The summed E-state index contributed by atoms with van der Waals surface area (Å²) in [6.07, 6.45) is 0. The Bertz CT molecular complexity index is 783. The van der Waals surface area contributed by atoms with Gasteiger partial charge in [0, 0.05) is 6.54 Å². The molecule has 0 bridgehead atoms. The lowest BCUT2D eigenvalue weighted by Crippen LogP contribution is -2.43. The van der Waals surface area contributed by atoms with Crippen molar-refractivity contribution in [3.05, 3.63) is 51.7 Å². The molecule has 5 nitrogen and oxygen atoms in total. The van der Waals surface area contributed by atoms with Crippen molar-refractivity contribution in [2.45, 2.75) is 19.8 Å². The molecule has 0 saturated heterocycles. The number of nitrogens with one attached hydrogen (secondary N) is 1. The molecule has 3 amide bonds. The van der Waals surface area contributed by atoms with Crippen LogP contribution in [0.5, 0.6) is 0 Å². The van der Waals surface area contributed by atoms with Crippen LogP contribution in [0.1, 0.15) is 33.6 Å². The first kappa shape index (κ1) is 15.4. The lowest BCUT2D eigenvalue weighted by molar-refractivity contribution is -0.117. The number of carbonyl (C=O) groups is 3. The summed E-state index contributed by atoms with van der Waals surface area (Å²) in [4.78, 5) is 39.4. The van der Waals surface area contributed by atoms with E-state index >= 15 is 0 Å². The molecule has 0 radical (unpaired) electrons. The molecule has 118 valence electrons. The summed E-state index contributed by atoms with van der Waals surface area (Å²) >= 11 is 1.30. The number of hydrogen-bond donors (Lipinski definition) is 1. The Balaban J connectivity index is 2.08. The van der Waals surface area contributed by atoms with E-state index in [1.54, 1.807) is 30.5 Å². The molecule has 0 spiro atoms. The van der Waals surface area contributed by atoms with Crippen LogP contribution in [0, 0.1) is 6.92 Å². The highest BCUT2D eigenvalue weighted by Crippen LogP contribution is 2.40. The van der Waals surface area contributed by atoms with Gasteiger partial charge in [-0.2, -0.15) is 0 Å². The number of hydrogen-bond acceptors (Lipinski definition) is 4. The highest BCUT2D eigenvalue weighted by molar-refractivity contribution is 7.12. The van der Waals surface area contributed by atoms with Crippen LogP contribution in [-0.4, -0.2) is 24.3 Å². The summed E-state index contributed by atoms with van der Waals surface area (Å²) in [5.74, 6) is -1.70. The van der Waals surface area contributed by atoms with Gasteiger partial charge >= 0.3 is 6.03 Å². The molecule has 0 saturated carbocycles. The van der Waals surface area contributed by atoms with Gasteiger partial charge in [0.1, 0.15) is 5.92 Å². The number of fused-ring (bicyclic) bond motifs is 1. The molecule has 3 rings (SSSR count). The average Bonchev–Trinajstić information content (AvgIpc) is 3.12. The molecule has 1 aliphatic rings. The highest BCUT2D eigenvalue weighted by atomic mass is 32.1. The quantitative estimate of drug-likeness (QED) is 0.695. The van der Waals surface area contributed by atoms with Gasteiger partial charge in [-0.1, -0.05) is 23.8 Å². The fourth-order valence-corrected chi connectivity index (χ4v) is 3.44. The maximum absolute atomic E-state index is 12.8. The Morgan fingerprint density at radius 2 is 2.09 bits per heavy atom. The first-order valence-corrected chi connectivity index (χ1v) is 8.22. The van der Waals surface area contributed by atoms with E-state index in [0.29, 0.717) is 22.7 Å². The second-order valence-electron chi connectivity index (χ2n) is 5.35. The van der Waals surface area contributed by atoms with E-state index in [9.17, 15) is 14.4 Å². The van der Waals surface area contributed by atoms with E-state index in [2.05, 4.69) is 5.32 Å². The fraction of sp³-hybridized carbons (Fsp3) is 0.235. The molecule has 2 heterocycles. The maximum atomic E-state index is 12.8. The first-order chi connectivity index (χ1) is 11.0. The maximum Gasteiger partial charge on any atom is 0.328 e. The number of amides is 3. The summed E-state index contributed by atoms with van der Waals surface area (Å²) < 4.78 is 0. The van der Waals surface area contributed by atoms with E-state index < -0.39 is 17.9 Å². The van der Waals surface area contributed by atoms with Crippen LogP contribution in [0.15, 0.2) is 35.7 Å². The minimum Gasteiger partial charge on any atom is -0.338 e. The Labute approximate surface area is 137 Å². The SMILES string of the molecule is CCNC(=O)N1C(=O)C(C(=O)c2cccs2)c2cc(C)ccc21. The Kier molecular flexibility index (Phi) is 4.00. The molecule has 23 heavy (non-hydrogen) atoms.